The molecule has 0 atom stereocenters. The molecule has 0 unspecified atom stereocenters. The van der Waals surface area contributed by atoms with E-state index in [2.05, 4.69) is 217 Å². The van der Waals surface area contributed by atoms with Gasteiger partial charge in [-0.3, -0.25) is 0 Å². The minimum Gasteiger partial charge on any atom is -0.310 e. The minimum atomic E-state index is 1.10. The van der Waals surface area contributed by atoms with Crippen molar-refractivity contribution in [2.24, 2.45) is 0 Å². The van der Waals surface area contributed by atoms with Crippen molar-refractivity contribution >= 4 is 80.9 Å². The van der Waals surface area contributed by atoms with Crippen molar-refractivity contribution in [1.29, 1.82) is 0 Å². The molecule has 0 saturated carbocycles. The predicted molar refractivity (Wildman–Crippen MR) is 243 cm³/mol. The van der Waals surface area contributed by atoms with Gasteiger partial charge in [0.05, 0.1) is 0 Å². The number of anilines is 3. The molecular weight excluding hydrogens is 695 g/mol. The Kier molecular flexibility index (Phi) is 7.75. The maximum Gasteiger partial charge on any atom is 0.0467 e. The number of hydrogen-bond acceptors (Lipinski definition) is 2. The lowest BCUT2D eigenvalue weighted by Crippen LogP contribution is -2.10. The molecule has 11 rings (SSSR count). The summed E-state index contributed by atoms with van der Waals surface area (Å²) in [5, 5.41) is 10.2. The van der Waals surface area contributed by atoms with Crippen molar-refractivity contribution in [3.8, 4) is 33.4 Å². The number of benzene rings is 10. The van der Waals surface area contributed by atoms with Gasteiger partial charge in [-0.25, -0.2) is 0 Å². The van der Waals surface area contributed by atoms with Gasteiger partial charge in [-0.1, -0.05) is 158 Å². The Labute approximate surface area is 330 Å². The molecule has 10 aromatic carbocycles. The first-order valence-corrected chi connectivity index (χ1v) is 20.0. The number of hydrogen-bond donors (Lipinski definition) is 0. The molecule has 0 amide bonds. The summed E-state index contributed by atoms with van der Waals surface area (Å²) in [5.74, 6) is 0. The first-order chi connectivity index (χ1) is 27.8. The second-order valence-corrected chi connectivity index (χ2v) is 15.6. The summed E-state index contributed by atoms with van der Waals surface area (Å²) in [5.41, 5.74) is 10.7. The molecule has 1 nitrogen and oxygen atoms in total. The van der Waals surface area contributed by atoms with Crippen LogP contribution in [-0.4, -0.2) is 0 Å². The van der Waals surface area contributed by atoms with E-state index in [0.717, 1.165) is 17.1 Å². The highest BCUT2D eigenvalue weighted by atomic mass is 32.1. The normalized spacial score (nSPS) is 11.6. The van der Waals surface area contributed by atoms with Crippen molar-refractivity contribution in [1.82, 2.24) is 0 Å². The summed E-state index contributed by atoms with van der Waals surface area (Å²) < 4.78 is 2.64. The van der Waals surface area contributed by atoms with Crippen molar-refractivity contribution in [3.05, 3.63) is 212 Å². The van der Waals surface area contributed by atoms with Crippen LogP contribution in [0.1, 0.15) is 0 Å². The second-order valence-electron chi connectivity index (χ2n) is 14.5. The van der Waals surface area contributed by atoms with Gasteiger partial charge in [-0.05, 0) is 120 Å². The van der Waals surface area contributed by atoms with E-state index in [-0.39, 0.29) is 0 Å². The first kappa shape index (κ1) is 32.4. The Morgan fingerprint density at radius 1 is 0.286 bits per heavy atom. The molecule has 0 fully saturated rings. The van der Waals surface area contributed by atoms with E-state index < -0.39 is 0 Å². The molecule has 56 heavy (non-hydrogen) atoms. The van der Waals surface area contributed by atoms with Crippen molar-refractivity contribution in [2.75, 3.05) is 4.90 Å². The Hall–Kier alpha value is -7.00. The van der Waals surface area contributed by atoms with Crippen molar-refractivity contribution in [3.63, 3.8) is 0 Å². The molecule has 0 bridgehead atoms. The van der Waals surface area contributed by atoms with Crippen LogP contribution in [0, 0.1) is 0 Å². The summed E-state index contributed by atoms with van der Waals surface area (Å²) in [6, 6.07) is 77.7. The predicted octanol–water partition coefficient (Wildman–Crippen LogP) is 16.0. The fourth-order valence-corrected chi connectivity index (χ4v) is 9.76. The van der Waals surface area contributed by atoms with E-state index in [1.165, 1.54) is 85.9 Å². The Morgan fingerprint density at radius 2 is 0.839 bits per heavy atom. The highest BCUT2D eigenvalue weighted by Gasteiger charge is 2.17. The lowest BCUT2D eigenvalue weighted by atomic mass is 9.93. The van der Waals surface area contributed by atoms with Crippen LogP contribution in [0.5, 0.6) is 0 Å². The third kappa shape index (κ3) is 5.46. The third-order valence-electron chi connectivity index (χ3n) is 11.2. The van der Waals surface area contributed by atoms with E-state index >= 15 is 0 Å². The average molecular weight is 730 g/mol. The lowest BCUT2D eigenvalue weighted by Gasteiger charge is -2.27. The quantitative estimate of drug-likeness (QED) is 0.154. The van der Waals surface area contributed by atoms with E-state index in [1.54, 1.807) is 0 Å². The molecule has 0 N–H and O–H groups in total. The molecular formula is C54H35NS. The van der Waals surface area contributed by atoms with Gasteiger partial charge < -0.3 is 4.90 Å². The van der Waals surface area contributed by atoms with Crippen LogP contribution in [-0.2, 0) is 0 Å². The Balaban J connectivity index is 1.06. The summed E-state index contributed by atoms with van der Waals surface area (Å²) >= 11 is 1.87. The fourth-order valence-electron chi connectivity index (χ4n) is 8.63. The SMILES string of the molecule is c1cc(-c2cc3ccccc3c3ccccc23)cc(N(c2ccc(-c3cccc4ccccc34)cc2)c2ccc(-c3cccc4sc5ccccc5c34)cc2)c1. The summed E-state index contributed by atoms with van der Waals surface area (Å²) in [4.78, 5) is 2.39. The standard InChI is InChI=1S/C54H35NS/c1-3-17-44-36(12-1)14-10-22-45(44)37-26-30-41(31-27-37)55(42-32-28-38(29-33-42)47-23-11-25-53-54(47)50-21-7-8-24-52(50)56-53)43-16-9-15-39(34-43)51-35-40-13-2-4-18-46(40)48-19-5-6-20-49(48)51/h1-35H. The lowest BCUT2D eigenvalue weighted by molar-refractivity contribution is 1.28. The van der Waals surface area contributed by atoms with Gasteiger partial charge in [-0.15, -0.1) is 11.3 Å². The van der Waals surface area contributed by atoms with Gasteiger partial charge in [-0.2, -0.15) is 0 Å². The Morgan fingerprint density at radius 3 is 1.62 bits per heavy atom. The van der Waals surface area contributed by atoms with Gasteiger partial charge in [0.25, 0.3) is 0 Å². The second kappa shape index (κ2) is 13.4. The highest BCUT2D eigenvalue weighted by Crippen LogP contribution is 2.43. The highest BCUT2D eigenvalue weighted by molar-refractivity contribution is 7.25. The smallest absolute Gasteiger partial charge is 0.0467 e. The zero-order chi connectivity index (χ0) is 37.0. The van der Waals surface area contributed by atoms with Crippen LogP contribution < -0.4 is 4.90 Å². The number of rotatable bonds is 6. The van der Waals surface area contributed by atoms with Crippen molar-refractivity contribution < 1.29 is 0 Å². The fraction of sp³-hybridized carbons (Fsp3) is 0. The van der Waals surface area contributed by atoms with E-state index in [1.807, 2.05) is 11.3 Å². The molecule has 1 aromatic heterocycles. The summed E-state index contributed by atoms with van der Waals surface area (Å²) in [6.45, 7) is 0. The largest absolute Gasteiger partial charge is 0.310 e. The zero-order valence-electron chi connectivity index (χ0n) is 30.6. The van der Waals surface area contributed by atoms with Gasteiger partial charge >= 0.3 is 0 Å². The average Bonchev–Trinajstić information content (AvgIpc) is 3.66. The van der Waals surface area contributed by atoms with Gasteiger partial charge in [0.2, 0.25) is 0 Å². The number of thiophene rings is 1. The molecule has 262 valence electrons. The van der Waals surface area contributed by atoms with Gasteiger partial charge in [0.15, 0.2) is 0 Å². The van der Waals surface area contributed by atoms with Gasteiger partial charge in [0, 0.05) is 37.2 Å². The molecule has 1 heterocycles. The number of fused-ring (bicyclic) bond motifs is 7. The maximum absolute atomic E-state index is 2.39. The summed E-state index contributed by atoms with van der Waals surface area (Å²) in [7, 11) is 0. The number of nitrogens with zero attached hydrogens (tertiary/aromatic N) is 1. The molecule has 0 aliphatic carbocycles. The molecule has 11 aromatic rings. The van der Waals surface area contributed by atoms with E-state index in [4.69, 9.17) is 0 Å². The molecule has 0 spiro atoms. The van der Waals surface area contributed by atoms with Crippen LogP contribution in [0.2, 0.25) is 0 Å². The van der Waals surface area contributed by atoms with E-state index in [9.17, 15) is 0 Å². The van der Waals surface area contributed by atoms with Crippen LogP contribution in [0.4, 0.5) is 17.1 Å². The molecule has 0 saturated heterocycles. The van der Waals surface area contributed by atoms with Crippen molar-refractivity contribution in [2.45, 2.75) is 0 Å². The minimum absolute atomic E-state index is 1.10. The van der Waals surface area contributed by atoms with Crippen LogP contribution >= 0.6 is 11.3 Å². The molecule has 0 aliphatic heterocycles. The molecule has 0 aliphatic rings. The van der Waals surface area contributed by atoms with Gasteiger partial charge in [0.1, 0.15) is 0 Å². The zero-order valence-corrected chi connectivity index (χ0v) is 31.4. The molecule has 0 radical (unpaired) electrons. The monoisotopic (exact) mass is 729 g/mol. The topological polar surface area (TPSA) is 3.24 Å². The first-order valence-electron chi connectivity index (χ1n) is 19.2. The summed E-state index contributed by atoms with van der Waals surface area (Å²) in [6.07, 6.45) is 0. The van der Waals surface area contributed by atoms with Crippen LogP contribution in [0.25, 0.3) is 85.9 Å². The third-order valence-corrected chi connectivity index (χ3v) is 12.4. The Bertz CT molecular complexity index is 3240. The van der Waals surface area contributed by atoms with E-state index in [0.29, 0.717) is 0 Å². The van der Waals surface area contributed by atoms with Crippen LogP contribution in [0.15, 0.2) is 212 Å². The maximum atomic E-state index is 2.39. The molecule has 2 heteroatoms. The van der Waals surface area contributed by atoms with Crippen LogP contribution in [0.3, 0.4) is 0 Å².